The number of hydrogen-bond donors (Lipinski definition) is 0. The molecule has 0 bridgehead atoms. The van der Waals surface area contributed by atoms with Crippen molar-refractivity contribution in [1.29, 1.82) is 0 Å². The molecule has 0 radical (unpaired) electrons. The van der Waals surface area contributed by atoms with Crippen LogP contribution in [0.1, 0.15) is 86.0 Å². The average molecular weight is 488 g/mol. The highest BCUT2D eigenvalue weighted by Crippen LogP contribution is 2.60. The second kappa shape index (κ2) is 9.45. The van der Waals surface area contributed by atoms with Crippen LogP contribution in [0.25, 0.3) is 10.2 Å². The molecular formula is C28H41NO2S2. The standard InChI is InChI=1S/C28H41NO2S2/c1-20(10-8-17-27(2,3)4)22-14-15-23-21(11-9-18-28(22,23)5)16-19-33(30,31)26-29-24-12-6-7-13-25(24)32-26/h6-7,12-13,16,20,22-23H,8-11,14-15,17-19H2,1-5H3/b21-16-/t20-,22-,23?,28-/m1/s1. The van der Waals surface area contributed by atoms with Gasteiger partial charge in [-0.2, -0.15) is 0 Å². The minimum absolute atomic E-state index is 0.0839. The van der Waals surface area contributed by atoms with Gasteiger partial charge in [0.2, 0.25) is 14.2 Å². The number of sulfone groups is 1. The number of allylic oxidation sites excluding steroid dienone is 1. The van der Waals surface area contributed by atoms with Gasteiger partial charge in [-0.05, 0) is 79.2 Å². The highest BCUT2D eigenvalue weighted by atomic mass is 32.2. The highest BCUT2D eigenvalue weighted by molar-refractivity contribution is 7.93. The number of fused-ring (bicyclic) bond motifs is 2. The number of nitrogens with zero attached hydrogens (tertiary/aromatic N) is 1. The van der Waals surface area contributed by atoms with E-state index in [0.29, 0.717) is 16.7 Å². The summed E-state index contributed by atoms with van der Waals surface area (Å²) in [5.41, 5.74) is 2.92. The van der Waals surface area contributed by atoms with E-state index >= 15 is 0 Å². The molecule has 2 aliphatic carbocycles. The van der Waals surface area contributed by atoms with Crippen LogP contribution in [-0.4, -0.2) is 19.2 Å². The van der Waals surface area contributed by atoms with Crippen molar-refractivity contribution in [3.63, 3.8) is 0 Å². The van der Waals surface area contributed by atoms with E-state index in [1.807, 2.05) is 24.3 Å². The zero-order valence-corrected chi connectivity index (χ0v) is 22.7. The van der Waals surface area contributed by atoms with E-state index in [2.05, 4.69) is 45.7 Å². The number of thiazole rings is 1. The van der Waals surface area contributed by atoms with Gasteiger partial charge in [0.25, 0.3) is 0 Å². The van der Waals surface area contributed by atoms with Crippen molar-refractivity contribution in [2.75, 3.05) is 5.75 Å². The molecule has 2 aromatic rings. The zero-order valence-electron chi connectivity index (χ0n) is 21.1. The smallest absolute Gasteiger partial charge is 0.210 e. The zero-order chi connectivity index (χ0) is 23.9. The number of benzene rings is 1. The normalized spacial score (nSPS) is 28.3. The van der Waals surface area contributed by atoms with E-state index in [0.717, 1.165) is 28.5 Å². The van der Waals surface area contributed by atoms with Crippen LogP contribution in [0, 0.1) is 28.6 Å². The third-order valence-electron chi connectivity index (χ3n) is 8.42. The van der Waals surface area contributed by atoms with E-state index in [9.17, 15) is 8.42 Å². The number of hydrogen-bond acceptors (Lipinski definition) is 4. The fraction of sp³-hybridized carbons (Fsp3) is 0.679. The molecule has 5 heteroatoms. The molecule has 33 heavy (non-hydrogen) atoms. The van der Waals surface area contributed by atoms with Crippen LogP contribution in [0.4, 0.5) is 0 Å². The number of aromatic nitrogens is 1. The Bertz CT molecular complexity index is 1080. The second-order valence-corrected chi connectivity index (χ2v) is 15.3. The lowest BCUT2D eigenvalue weighted by Crippen LogP contribution is -2.36. The van der Waals surface area contributed by atoms with Gasteiger partial charge in [-0.15, -0.1) is 11.3 Å². The fourth-order valence-electron chi connectivity index (χ4n) is 6.69. The molecule has 2 saturated carbocycles. The molecule has 0 aliphatic heterocycles. The minimum atomic E-state index is -3.39. The van der Waals surface area contributed by atoms with Crippen molar-refractivity contribution in [2.45, 2.75) is 90.3 Å². The first kappa shape index (κ1) is 24.9. The van der Waals surface area contributed by atoms with Gasteiger partial charge in [0.15, 0.2) is 0 Å². The maximum atomic E-state index is 13.1. The topological polar surface area (TPSA) is 47.0 Å². The molecule has 1 unspecified atom stereocenters. The monoisotopic (exact) mass is 487 g/mol. The summed E-state index contributed by atoms with van der Waals surface area (Å²) in [4.78, 5) is 4.41. The van der Waals surface area contributed by atoms with Crippen LogP contribution < -0.4 is 0 Å². The Morgan fingerprint density at radius 3 is 2.73 bits per heavy atom. The second-order valence-electron chi connectivity index (χ2n) is 12.0. The number of para-hydroxylation sites is 1. The summed E-state index contributed by atoms with van der Waals surface area (Å²) in [6.07, 6.45) is 12.0. The first-order valence-corrected chi connectivity index (χ1v) is 15.2. The molecule has 4 rings (SSSR count). The summed E-state index contributed by atoms with van der Waals surface area (Å²) >= 11 is 1.29. The summed E-state index contributed by atoms with van der Waals surface area (Å²) in [5.74, 6) is 2.13. The van der Waals surface area contributed by atoms with Gasteiger partial charge in [0.05, 0.1) is 16.0 Å². The maximum Gasteiger partial charge on any atom is 0.210 e. The van der Waals surface area contributed by atoms with Crippen molar-refractivity contribution in [3.05, 3.63) is 35.9 Å². The van der Waals surface area contributed by atoms with E-state index in [1.165, 1.54) is 61.9 Å². The van der Waals surface area contributed by atoms with E-state index in [4.69, 9.17) is 0 Å². The van der Waals surface area contributed by atoms with Crippen molar-refractivity contribution in [2.24, 2.45) is 28.6 Å². The maximum absolute atomic E-state index is 13.1. The van der Waals surface area contributed by atoms with Crippen LogP contribution >= 0.6 is 11.3 Å². The Labute approximate surface area is 205 Å². The molecule has 182 valence electrons. The van der Waals surface area contributed by atoms with Gasteiger partial charge in [-0.25, -0.2) is 13.4 Å². The lowest BCUT2D eigenvalue weighted by molar-refractivity contribution is 0.0919. The summed E-state index contributed by atoms with van der Waals surface area (Å²) in [5, 5.41) is 0. The summed E-state index contributed by atoms with van der Waals surface area (Å²) < 4.78 is 27.4. The van der Waals surface area contributed by atoms with Crippen LogP contribution in [-0.2, 0) is 9.84 Å². The van der Waals surface area contributed by atoms with Gasteiger partial charge in [0, 0.05) is 0 Å². The quantitative estimate of drug-likeness (QED) is 0.371. The van der Waals surface area contributed by atoms with E-state index in [1.54, 1.807) is 0 Å². The molecule has 3 nitrogen and oxygen atoms in total. The third-order valence-corrected chi connectivity index (χ3v) is 11.5. The molecule has 1 aromatic heterocycles. The third kappa shape index (κ3) is 5.40. The Balaban J connectivity index is 1.46. The summed E-state index contributed by atoms with van der Waals surface area (Å²) in [6, 6.07) is 7.67. The van der Waals surface area contributed by atoms with E-state index in [-0.39, 0.29) is 10.1 Å². The molecule has 4 atom stereocenters. The molecule has 0 N–H and O–H groups in total. The molecule has 2 aliphatic rings. The van der Waals surface area contributed by atoms with Crippen molar-refractivity contribution >= 4 is 31.4 Å². The first-order chi connectivity index (χ1) is 15.5. The highest BCUT2D eigenvalue weighted by Gasteiger charge is 2.50. The molecule has 0 spiro atoms. The van der Waals surface area contributed by atoms with Crippen LogP contribution in [0.2, 0.25) is 0 Å². The SMILES string of the molecule is C[C@H](CCCC(C)(C)C)[C@H]1CCC2/C(=C\CS(=O)(=O)c3nc4ccccc4s3)CCC[C@@]21C. The molecular weight excluding hydrogens is 446 g/mol. The van der Waals surface area contributed by atoms with Crippen molar-refractivity contribution in [1.82, 2.24) is 4.98 Å². The average Bonchev–Trinajstić information content (AvgIpc) is 3.33. The summed E-state index contributed by atoms with van der Waals surface area (Å²) in [7, 11) is -3.39. The lowest BCUT2D eigenvalue weighted by atomic mass is 9.60. The van der Waals surface area contributed by atoms with Gasteiger partial charge < -0.3 is 0 Å². The van der Waals surface area contributed by atoms with Gasteiger partial charge in [-0.1, -0.05) is 71.2 Å². The minimum Gasteiger partial charge on any atom is -0.225 e. The van der Waals surface area contributed by atoms with Crippen LogP contribution in [0.3, 0.4) is 0 Å². The van der Waals surface area contributed by atoms with E-state index < -0.39 is 9.84 Å². The lowest BCUT2D eigenvalue weighted by Gasteiger charge is -2.44. The molecule has 0 saturated heterocycles. The predicted octanol–water partition coefficient (Wildman–Crippen LogP) is 8.07. The Morgan fingerprint density at radius 1 is 1.24 bits per heavy atom. The molecule has 0 amide bonds. The fourth-order valence-corrected chi connectivity index (χ4v) is 9.18. The predicted molar refractivity (Wildman–Crippen MR) is 140 cm³/mol. The summed E-state index contributed by atoms with van der Waals surface area (Å²) in [6.45, 7) is 12.0. The van der Waals surface area contributed by atoms with Crippen molar-refractivity contribution < 1.29 is 8.42 Å². The number of rotatable bonds is 7. The first-order valence-electron chi connectivity index (χ1n) is 12.8. The molecule has 1 heterocycles. The largest absolute Gasteiger partial charge is 0.225 e. The van der Waals surface area contributed by atoms with Gasteiger partial charge in [-0.3, -0.25) is 0 Å². The van der Waals surface area contributed by atoms with Crippen molar-refractivity contribution in [3.8, 4) is 0 Å². The van der Waals surface area contributed by atoms with Gasteiger partial charge in [0.1, 0.15) is 0 Å². The molecule has 2 fully saturated rings. The Kier molecular flexibility index (Phi) is 7.13. The Hall–Kier alpha value is -1.20. The molecule has 1 aromatic carbocycles. The van der Waals surface area contributed by atoms with Crippen LogP contribution in [0.5, 0.6) is 0 Å². The van der Waals surface area contributed by atoms with Gasteiger partial charge >= 0.3 is 0 Å². The van der Waals surface area contributed by atoms with Crippen LogP contribution in [0.15, 0.2) is 40.3 Å². The Morgan fingerprint density at radius 2 is 2.00 bits per heavy atom.